The molecule has 1 aromatic carbocycles. The van der Waals surface area contributed by atoms with Gasteiger partial charge in [-0.2, -0.15) is 0 Å². The summed E-state index contributed by atoms with van der Waals surface area (Å²) in [6.45, 7) is 4.07. The highest BCUT2D eigenvalue weighted by Crippen LogP contribution is 2.25. The number of rotatable bonds is 5. The zero-order valence-electron chi connectivity index (χ0n) is 11.2. The molecule has 0 amide bonds. The van der Waals surface area contributed by atoms with Crippen molar-refractivity contribution in [3.05, 3.63) is 34.1 Å². The molecule has 1 aromatic heterocycles. The fourth-order valence-corrected chi connectivity index (χ4v) is 2.08. The van der Waals surface area contributed by atoms with Crippen LogP contribution < -0.4 is 10.6 Å². The molecule has 2 aromatic rings. The third-order valence-electron chi connectivity index (χ3n) is 2.93. The fraction of sp³-hybridized carbons (Fsp3) is 0.385. The molecule has 1 heterocycles. The van der Waals surface area contributed by atoms with E-state index >= 15 is 0 Å². The first kappa shape index (κ1) is 14.0. The summed E-state index contributed by atoms with van der Waals surface area (Å²) in [7, 11) is 1.85. The Balaban J connectivity index is 2.19. The standard InChI is InChI=1S/C13H17BrN4O/c1-4-9-7-10(14)5-6-11(9)16-13-18-17-12(19-13)8(2)15-3/h5-8,15H,4H2,1-3H3,(H,16,18). The molecule has 0 spiro atoms. The summed E-state index contributed by atoms with van der Waals surface area (Å²) in [6.07, 6.45) is 0.926. The zero-order valence-corrected chi connectivity index (χ0v) is 12.8. The molecule has 2 N–H and O–H groups in total. The molecule has 0 saturated heterocycles. The summed E-state index contributed by atoms with van der Waals surface area (Å²) in [5, 5.41) is 14.2. The number of aromatic nitrogens is 2. The van der Waals surface area contributed by atoms with E-state index in [9.17, 15) is 0 Å². The maximum atomic E-state index is 5.56. The Kier molecular flexibility index (Phi) is 4.55. The van der Waals surface area contributed by atoms with Crippen molar-refractivity contribution in [1.29, 1.82) is 0 Å². The molecule has 5 nitrogen and oxygen atoms in total. The minimum atomic E-state index is 0.0404. The highest BCUT2D eigenvalue weighted by molar-refractivity contribution is 9.10. The number of hydrogen-bond donors (Lipinski definition) is 2. The Morgan fingerprint density at radius 2 is 2.16 bits per heavy atom. The average molecular weight is 325 g/mol. The molecule has 6 heteroatoms. The molecule has 0 saturated carbocycles. The van der Waals surface area contributed by atoms with Crippen LogP contribution in [0.15, 0.2) is 27.1 Å². The van der Waals surface area contributed by atoms with E-state index in [0.717, 1.165) is 16.6 Å². The molecule has 102 valence electrons. The summed E-state index contributed by atoms with van der Waals surface area (Å²) < 4.78 is 6.62. The summed E-state index contributed by atoms with van der Waals surface area (Å²) in [5.41, 5.74) is 2.17. The number of nitrogens with one attached hydrogen (secondary N) is 2. The van der Waals surface area contributed by atoms with Crippen LogP contribution in [0.1, 0.15) is 31.3 Å². The van der Waals surface area contributed by atoms with Gasteiger partial charge in [0.25, 0.3) is 0 Å². The minimum absolute atomic E-state index is 0.0404. The number of nitrogens with zero attached hydrogens (tertiary/aromatic N) is 2. The van der Waals surface area contributed by atoms with Gasteiger partial charge < -0.3 is 15.1 Å². The highest BCUT2D eigenvalue weighted by Gasteiger charge is 2.12. The zero-order chi connectivity index (χ0) is 13.8. The quantitative estimate of drug-likeness (QED) is 0.882. The third-order valence-corrected chi connectivity index (χ3v) is 3.43. The van der Waals surface area contributed by atoms with Crippen molar-refractivity contribution in [3.8, 4) is 0 Å². The van der Waals surface area contributed by atoms with E-state index in [4.69, 9.17) is 4.42 Å². The Morgan fingerprint density at radius 3 is 2.84 bits per heavy atom. The van der Waals surface area contributed by atoms with Crippen LogP contribution in [0.25, 0.3) is 0 Å². The first-order valence-corrected chi connectivity index (χ1v) is 6.99. The maximum absolute atomic E-state index is 5.56. The Hall–Kier alpha value is -1.40. The lowest BCUT2D eigenvalue weighted by atomic mass is 10.1. The summed E-state index contributed by atoms with van der Waals surface area (Å²) in [4.78, 5) is 0. The van der Waals surface area contributed by atoms with Gasteiger partial charge in [0.05, 0.1) is 6.04 Å². The topological polar surface area (TPSA) is 63.0 Å². The predicted molar refractivity (Wildman–Crippen MR) is 78.6 cm³/mol. The maximum Gasteiger partial charge on any atom is 0.320 e. The lowest BCUT2D eigenvalue weighted by Gasteiger charge is -2.08. The van der Waals surface area contributed by atoms with Gasteiger partial charge >= 0.3 is 6.01 Å². The average Bonchev–Trinajstić information content (AvgIpc) is 2.88. The van der Waals surface area contributed by atoms with Crippen LogP contribution in [-0.4, -0.2) is 17.2 Å². The van der Waals surface area contributed by atoms with E-state index in [1.807, 2.05) is 26.1 Å². The Morgan fingerprint density at radius 1 is 1.37 bits per heavy atom. The molecule has 2 rings (SSSR count). The van der Waals surface area contributed by atoms with E-state index in [2.05, 4.69) is 49.8 Å². The van der Waals surface area contributed by atoms with E-state index < -0.39 is 0 Å². The first-order valence-electron chi connectivity index (χ1n) is 6.20. The molecule has 0 aliphatic rings. The van der Waals surface area contributed by atoms with Gasteiger partial charge in [0, 0.05) is 10.2 Å². The summed E-state index contributed by atoms with van der Waals surface area (Å²) in [5.74, 6) is 0.570. The molecule has 0 radical (unpaired) electrons. The van der Waals surface area contributed by atoms with Crippen LogP contribution in [0.2, 0.25) is 0 Å². The van der Waals surface area contributed by atoms with Crippen LogP contribution in [0.4, 0.5) is 11.7 Å². The molecule has 0 bridgehead atoms. The van der Waals surface area contributed by atoms with Crippen molar-refractivity contribution in [2.45, 2.75) is 26.3 Å². The molecule has 1 unspecified atom stereocenters. The number of halogens is 1. The van der Waals surface area contributed by atoms with Crippen molar-refractivity contribution in [3.63, 3.8) is 0 Å². The summed E-state index contributed by atoms with van der Waals surface area (Å²) >= 11 is 3.47. The number of aryl methyl sites for hydroxylation is 1. The van der Waals surface area contributed by atoms with Gasteiger partial charge in [-0.15, -0.1) is 5.10 Å². The third kappa shape index (κ3) is 3.33. The van der Waals surface area contributed by atoms with Crippen molar-refractivity contribution >= 4 is 27.6 Å². The van der Waals surface area contributed by atoms with Crippen LogP contribution >= 0.6 is 15.9 Å². The largest absolute Gasteiger partial charge is 0.406 e. The van der Waals surface area contributed by atoms with Crippen LogP contribution in [0.3, 0.4) is 0 Å². The number of benzene rings is 1. The van der Waals surface area contributed by atoms with Gasteiger partial charge in [0.2, 0.25) is 5.89 Å². The number of hydrogen-bond acceptors (Lipinski definition) is 5. The normalized spacial score (nSPS) is 12.4. The van der Waals surface area contributed by atoms with Crippen LogP contribution in [-0.2, 0) is 6.42 Å². The van der Waals surface area contributed by atoms with Gasteiger partial charge in [-0.3, -0.25) is 0 Å². The van der Waals surface area contributed by atoms with Gasteiger partial charge in [-0.05, 0) is 44.2 Å². The minimum Gasteiger partial charge on any atom is -0.406 e. The van der Waals surface area contributed by atoms with Crippen LogP contribution in [0, 0.1) is 0 Å². The van der Waals surface area contributed by atoms with Crippen molar-refractivity contribution in [2.75, 3.05) is 12.4 Å². The lowest BCUT2D eigenvalue weighted by Crippen LogP contribution is -2.12. The predicted octanol–water partition coefficient (Wildman–Crippen LogP) is 3.42. The SMILES string of the molecule is CCc1cc(Br)ccc1Nc1nnc(C(C)NC)o1. The number of anilines is 2. The second-order valence-corrected chi connectivity index (χ2v) is 5.15. The molecular weight excluding hydrogens is 308 g/mol. The fourth-order valence-electron chi connectivity index (χ4n) is 1.68. The summed E-state index contributed by atoms with van der Waals surface area (Å²) in [6, 6.07) is 6.51. The smallest absolute Gasteiger partial charge is 0.320 e. The molecule has 0 aliphatic carbocycles. The second-order valence-electron chi connectivity index (χ2n) is 4.24. The van der Waals surface area contributed by atoms with Crippen LogP contribution in [0.5, 0.6) is 0 Å². The highest BCUT2D eigenvalue weighted by atomic mass is 79.9. The van der Waals surface area contributed by atoms with Gasteiger partial charge in [0.15, 0.2) is 0 Å². The van der Waals surface area contributed by atoms with E-state index in [-0.39, 0.29) is 6.04 Å². The van der Waals surface area contributed by atoms with Crippen molar-refractivity contribution in [2.24, 2.45) is 0 Å². The van der Waals surface area contributed by atoms with E-state index in [1.54, 1.807) is 0 Å². The van der Waals surface area contributed by atoms with E-state index in [0.29, 0.717) is 11.9 Å². The molecule has 0 fully saturated rings. The van der Waals surface area contributed by atoms with Gasteiger partial charge in [-0.1, -0.05) is 28.0 Å². The first-order chi connectivity index (χ1) is 9.13. The Labute approximate surface area is 120 Å². The lowest BCUT2D eigenvalue weighted by molar-refractivity contribution is 0.443. The van der Waals surface area contributed by atoms with Crippen molar-refractivity contribution in [1.82, 2.24) is 15.5 Å². The second kappa shape index (κ2) is 6.16. The van der Waals surface area contributed by atoms with Gasteiger partial charge in [0.1, 0.15) is 0 Å². The molecule has 1 atom stereocenters. The molecule has 19 heavy (non-hydrogen) atoms. The monoisotopic (exact) mass is 324 g/mol. The van der Waals surface area contributed by atoms with Crippen molar-refractivity contribution < 1.29 is 4.42 Å². The molecule has 0 aliphatic heterocycles. The van der Waals surface area contributed by atoms with Gasteiger partial charge in [-0.25, -0.2) is 0 Å². The van der Waals surface area contributed by atoms with E-state index in [1.165, 1.54) is 5.56 Å². The Bertz CT molecular complexity index is 555. The molecular formula is C13H17BrN4O.